The van der Waals surface area contributed by atoms with Crippen LogP contribution in [0.1, 0.15) is 31.5 Å². The monoisotopic (exact) mass is 254 g/mol. The van der Waals surface area contributed by atoms with E-state index in [1.165, 1.54) is 0 Å². The second-order valence-corrected chi connectivity index (χ2v) is 4.99. The lowest BCUT2D eigenvalue weighted by molar-refractivity contribution is -0.0318. The van der Waals surface area contributed by atoms with E-state index in [0.29, 0.717) is 18.4 Å². The molecule has 18 heavy (non-hydrogen) atoms. The van der Waals surface area contributed by atoms with Gasteiger partial charge in [-0.1, -0.05) is 19.0 Å². The summed E-state index contributed by atoms with van der Waals surface area (Å²) in [5.74, 6) is 1.79. The van der Waals surface area contributed by atoms with Crippen molar-refractivity contribution in [2.75, 3.05) is 33.3 Å². The van der Waals surface area contributed by atoms with Crippen molar-refractivity contribution in [1.82, 2.24) is 20.4 Å². The van der Waals surface area contributed by atoms with Gasteiger partial charge in [-0.15, -0.1) is 0 Å². The average Bonchev–Trinajstić information content (AvgIpc) is 2.78. The number of hydrogen-bond donors (Lipinski definition) is 1. The lowest BCUT2D eigenvalue weighted by Gasteiger charge is -2.31. The Kier molecular flexibility index (Phi) is 4.68. The lowest BCUT2D eigenvalue weighted by atomic mass is 10.2. The Morgan fingerprint density at radius 1 is 1.50 bits per heavy atom. The number of nitrogens with zero attached hydrogens (tertiary/aromatic N) is 3. The molecule has 1 N–H and O–H groups in total. The predicted molar refractivity (Wildman–Crippen MR) is 67.3 cm³/mol. The molecule has 0 spiro atoms. The number of nitrogens with one attached hydrogen (secondary N) is 1. The van der Waals surface area contributed by atoms with Crippen LogP contribution < -0.4 is 5.32 Å². The van der Waals surface area contributed by atoms with Crippen LogP contribution in [0.2, 0.25) is 0 Å². The van der Waals surface area contributed by atoms with Crippen molar-refractivity contribution < 1.29 is 9.26 Å². The molecule has 2 rings (SSSR count). The highest BCUT2D eigenvalue weighted by Crippen LogP contribution is 2.13. The molecule has 6 nitrogen and oxygen atoms in total. The molecule has 6 heteroatoms. The third-order valence-electron chi connectivity index (χ3n) is 3.01. The summed E-state index contributed by atoms with van der Waals surface area (Å²) in [6.07, 6.45) is 0.247. The zero-order valence-corrected chi connectivity index (χ0v) is 11.3. The van der Waals surface area contributed by atoms with Crippen molar-refractivity contribution in [3.05, 3.63) is 11.7 Å². The van der Waals surface area contributed by atoms with Gasteiger partial charge in [-0.05, 0) is 7.05 Å². The minimum Gasteiger partial charge on any atom is -0.374 e. The van der Waals surface area contributed by atoms with Gasteiger partial charge in [0.1, 0.15) is 0 Å². The standard InChI is InChI=1S/C12H22N4O2/c1-9(2)12-14-11(18-15-12)8-16-4-5-17-10(7-16)6-13-3/h9-10,13H,4-8H2,1-3H3. The second-order valence-electron chi connectivity index (χ2n) is 4.99. The highest BCUT2D eigenvalue weighted by molar-refractivity contribution is 4.92. The molecule has 102 valence electrons. The summed E-state index contributed by atoms with van der Waals surface area (Å²) < 4.78 is 10.9. The van der Waals surface area contributed by atoms with E-state index in [-0.39, 0.29) is 6.10 Å². The highest BCUT2D eigenvalue weighted by atomic mass is 16.5. The molecule has 0 saturated carbocycles. The van der Waals surface area contributed by atoms with E-state index in [4.69, 9.17) is 9.26 Å². The molecule has 1 aromatic rings. The molecule has 1 unspecified atom stereocenters. The summed E-state index contributed by atoms with van der Waals surface area (Å²) in [7, 11) is 1.94. The Labute approximate surface area is 108 Å². The van der Waals surface area contributed by atoms with Crippen LogP contribution in [0.3, 0.4) is 0 Å². The molecule has 1 fully saturated rings. The zero-order chi connectivity index (χ0) is 13.0. The summed E-state index contributed by atoms with van der Waals surface area (Å²) in [6, 6.07) is 0. The fourth-order valence-corrected chi connectivity index (χ4v) is 2.03. The molecule has 1 aliphatic rings. The maximum Gasteiger partial charge on any atom is 0.240 e. The van der Waals surface area contributed by atoms with Gasteiger partial charge in [0.15, 0.2) is 5.82 Å². The Hall–Kier alpha value is -0.980. The van der Waals surface area contributed by atoms with Gasteiger partial charge in [0, 0.05) is 25.6 Å². The molecule has 2 heterocycles. The van der Waals surface area contributed by atoms with Crippen LogP contribution in [-0.2, 0) is 11.3 Å². The molecule has 0 bridgehead atoms. The molecule has 0 radical (unpaired) electrons. The topological polar surface area (TPSA) is 63.4 Å². The first kappa shape index (κ1) is 13.5. The average molecular weight is 254 g/mol. The molecule has 1 aliphatic heterocycles. The maximum absolute atomic E-state index is 5.66. The Bertz CT molecular complexity index is 365. The number of hydrogen-bond acceptors (Lipinski definition) is 6. The Morgan fingerprint density at radius 2 is 2.33 bits per heavy atom. The summed E-state index contributed by atoms with van der Waals surface area (Å²) in [4.78, 5) is 6.69. The zero-order valence-electron chi connectivity index (χ0n) is 11.3. The van der Waals surface area contributed by atoms with Gasteiger partial charge in [0.25, 0.3) is 0 Å². The second kappa shape index (κ2) is 6.26. The SMILES string of the molecule is CNCC1CN(Cc2nc(C(C)C)no2)CCO1. The van der Waals surface area contributed by atoms with Gasteiger partial charge < -0.3 is 14.6 Å². The summed E-state index contributed by atoms with van der Waals surface area (Å²) in [6.45, 7) is 8.29. The Balaban J connectivity index is 1.87. The van der Waals surface area contributed by atoms with Crippen LogP contribution in [0.5, 0.6) is 0 Å². The first-order valence-electron chi connectivity index (χ1n) is 6.50. The van der Waals surface area contributed by atoms with Crippen molar-refractivity contribution in [3.63, 3.8) is 0 Å². The third kappa shape index (κ3) is 3.51. The molecule has 1 aromatic heterocycles. The van der Waals surface area contributed by atoms with E-state index in [2.05, 4.69) is 34.2 Å². The largest absolute Gasteiger partial charge is 0.374 e. The fourth-order valence-electron chi connectivity index (χ4n) is 2.03. The van der Waals surface area contributed by atoms with Crippen molar-refractivity contribution >= 4 is 0 Å². The molecule has 0 amide bonds. The summed E-state index contributed by atoms with van der Waals surface area (Å²) in [5, 5.41) is 7.12. The van der Waals surface area contributed by atoms with Gasteiger partial charge in [0.05, 0.1) is 19.3 Å². The summed E-state index contributed by atoms with van der Waals surface area (Å²) in [5.41, 5.74) is 0. The van der Waals surface area contributed by atoms with Crippen molar-refractivity contribution in [3.8, 4) is 0 Å². The lowest BCUT2D eigenvalue weighted by Crippen LogP contribution is -2.45. The van der Waals surface area contributed by atoms with Crippen LogP contribution in [0.15, 0.2) is 4.52 Å². The summed E-state index contributed by atoms with van der Waals surface area (Å²) >= 11 is 0. The smallest absolute Gasteiger partial charge is 0.240 e. The van der Waals surface area contributed by atoms with E-state index < -0.39 is 0 Å². The van der Waals surface area contributed by atoms with E-state index in [1.807, 2.05) is 7.05 Å². The third-order valence-corrected chi connectivity index (χ3v) is 3.01. The Morgan fingerprint density at radius 3 is 3.00 bits per heavy atom. The first-order valence-corrected chi connectivity index (χ1v) is 6.50. The normalized spacial score (nSPS) is 21.7. The minimum atomic E-state index is 0.247. The number of rotatable bonds is 5. The van der Waals surface area contributed by atoms with Crippen molar-refractivity contribution in [2.24, 2.45) is 0 Å². The van der Waals surface area contributed by atoms with Crippen LogP contribution in [0, 0.1) is 0 Å². The van der Waals surface area contributed by atoms with Crippen LogP contribution in [-0.4, -0.2) is 54.4 Å². The molecule has 1 saturated heterocycles. The van der Waals surface area contributed by atoms with E-state index in [0.717, 1.165) is 32.1 Å². The quantitative estimate of drug-likeness (QED) is 0.831. The van der Waals surface area contributed by atoms with E-state index in [1.54, 1.807) is 0 Å². The first-order chi connectivity index (χ1) is 8.69. The van der Waals surface area contributed by atoms with E-state index >= 15 is 0 Å². The molecule has 1 atom stereocenters. The molecular formula is C12H22N4O2. The predicted octanol–water partition coefficient (Wildman–Crippen LogP) is 0.613. The van der Waals surface area contributed by atoms with Gasteiger partial charge in [-0.2, -0.15) is 4.98 Å². The minimum absolute atomic E-state index is 0.247. The molecule has 0 aliphatic carbocycles. The fraction of sp³-hybridized carbons (Fsp3) is 0.833. The van der Waals surface area contributed by atoms with Gasteiger partial charge in [0.2, 0.25) is 5.89 Å². The molecular weight excluding hydrogens is 232 g/mol. The van der Waals surface area contributed by atoms with E-state index in [9.17, 15) is 0 Å². The number of likely N-dealkylation sites (N-methyl/N-ethyl adjacent to an activating group) is 1. The van der Waals surface area contributed by atoms with Gasteiger partial charge >= 0.3 is 0 Å². The van der Waals surface area contributed by atoms with Gasteiger partial charge in [-0.3, -0.25) is 4.90 Å². The highest BCUT2D eigenvalue weighted by Gasteiger charge is 2.21. The number of morpholine rings is 1. The maximum atomic E-state index is 5.66. The van der Waals surface area contributed by atoms with Crippen molar-refractivity contribution in [1.29, 1.82) is 0 Å². The number of aromatic nitrogens is 2. The van der Waals surface area contributed by atoms with Crippen molar-refractivity contribution in [2.45, 2.75) is 32.4 Å². The van der Waals surface area contributed by atoms with Gasteiger partial charge in [-0.25, -0.2) is 0 Å². The van der Waals surface area contributed by atoms with Crippen LogP contribution in [0.4, 0.5) is 0 Å². The molecule has 0 aromatic carbocycles. The van der Waals surface area contributed by atoms with Crippen LogP contribution in [0.25, 0.3) is 0 Å². The number of ether oxygens (including phenoxy) is 1. The van der Waals surface area contributed by atoms with Crippen LogP contribution >= 0.6 is 0 Å².